The largest absolute Gasteiger partial charge is 0.452 e. The number of para-hydroxylation sites is 1. The number of thioether (sulfide) groups is 1. The summed E-state index contributed by atoms with van der Waals surface area (Å²) in [6.07, 6.45) is 0. The molecule has 1 N–H and O–H groups in total. The molecule has 146 valence electrons. The van der Waals surface area contributed by atoms with E-state index in [2.05, 4.69) is 30.1 Å². The molecule has 0 aliphatic heterocycles. The average Bonchev–Trinajstić information content (AvgIpc) is 2.73. The highest BCUT2D eigenvalue weighted by molar-refractivity contribution is 7.99. The van der Waals surface area contributed by atoms with Gasteiger partial charge in [-0.1, -0.05) is 12.1 Å². The Hall–Kier alpha value is -2.98. The number of hydrogen-bond acceptors (Lipinski definition) is 6. The number of rotatable bonds is 9. The molecule has 0 aromatic heterocycles. The van der Waals surface area contributed by atoms with Gasteiger partial charge in [-0.05, 0) is 50.2 Å². The lowest BCUT2D eigenvalue weighted by Gasteiger charge is -2.20. The van der Waals surface area contributed by atoms with Gasteiger partial charge in [0.15, 0.2) is 6.61 Å². The van der Waals surface area contributed by atoms with Crippen molar-refractivity contribution in [3.8, 4) is 6.07 Å². The number of benzene rings is 2. The maximum absolute atomic E-state index is 12.2. The Morgan fingerprint density at radius 3 is 2.43 bits per heavy atom. The van der Waals surface area contributed by atoms with Gasteiger partial charge in [0, 0.05) is 23.7 Å². The van der Waals surface area contributed by atoms with Crippen LogP contribution in [0.15, 0.2) is 53.4 Å². The highest BCUT2D eigenvalue weighted by Gasteiger charge is 2.12. The fourth-order valence-electron chi connectivity index (χ4n) is 2.60. The molecule has 0 spiro atoms. The highest BCUT2D eigenvalue weighted by Crippen LogP contribution is 2.26. The van der Waals surface area contributed by atoms with Gasteiger partial charge in [-0.15, -0.1) is 11.8 Å². The first kappa shape index (κ1) is 21.3. The molecular weight excluding hydrogens is 374 g/mol. The summed E-state index contributed by atoms with van der Waals surface area (Å²) in [7, 11) is 0. The molecule has 0 atom stereocenters. The third kappa shape index (κ3) is 6.03. The summed E-state index contributed by atoms with van der Waals surface area (Å²) in [5.41, 5.74) is 2.02. The van der Waals surface area contributed by atoms with Crippen LogP contribution in [-0.2, 0) is 9.53 Å². The van der Waals surface area contributed by atoms with E-state index < -0.39 is 11.9 Å². The lowest BCUT2D eigenvalue weighted by atomic mass is 10.2. The van der Waals surface area contributed by atoms with Crippen LogP contribution in [0.5, 0.6) is 0 Å². The summed E-state index contributed by atoms with van der Waals surface area (Å²) in [5, 5.41) is 11.4. The Bertz CT molecular complexity index is 843. The van der Waals surface area contributed by atoms with Crippen LogP contribution in [0.25, 0.3) is 0 Å². The van der Waals surface area contributed by atoms with Crippen LogP contribution in [0, 0.1) is 11.3 Å². The number of nitriles is 1. The van der Waals surface area contributed by atoms with Gasteiger partial charge >= 0.3 is 5.97 Å². The Labute approximate surface area is 169 Å². The third-order valence-corrected chi connectivity index (χ3v) is 4.96. The molecule has 0 aliphatic carbocycles. The molecular formula is C21H23N3O3S. The van der Waals surface area contributed by atoms with Crippen molar-refractivity contribution in [3.63, 3.8) is 0 Å². The number of carbonyl (C=O) groups excluding carboxylic acids is 2. The SMILES string of the molecule is CCN(CC)c1ccc(C(=O)OCC(=O)Nc2ccccc2SCC#N)cc1. The van der Waals surface area contributed by atoms with E-state index in [9.17, 15) is 9.59 Å². The van der Waals surface area contributed by atoms with E-state index in [0.717, 1.165) is 23.7 Å². The molecule has 28 heavy (non-hydrogen) atoms. The van der Waals surface area contributed by atoms with Crippen LogP contribution >= 0.6 is 11.8 Å². The van der Waals surface area contributed by atoms with Gasteiger partial charge in [-0.2, -0.15) is 5.26 Å². The predicted octanol–water partition coefficient (Wildman–Crippen LogP) is 3.94. The van der Waals surface area contributed by atoms with Crippen molar-refractivity contribution in [2.24, 2.45) is 0 Å². The summed E-state index contributed by atoms with van der Waals surface area (Å²) in [6, 6.07) is 16.4. The molecule has 6 nitrogen and oxygen atoms in total. The Balaban J connectivity index is 1.91. The standard InChI is InChI=1S/C21H23N3O3S/c1-3-24(4-2)17-11-9-16(10-12-17)21(26)27-15-20(25)23-18-7-5-6-8-19(18)28-14-13-22/h5-12H,3-4,14-15H2,1-2H3,(H,23,25). The van der Waals surface area contributed by atoms with Crippen molar-refractivity contribution < 1.29 is 14.3 Å². The maximum atomic E-state index is 12.2. The maximum Gasteiger partial charge on any atom is 0.338 e. The van der Waals surface area contributed by atoms with Crippen molar-refractivity contribution in [2.45, 2.75) is 18.7 Å². The minimum atomic E-state index is -0.548. The second-order valence-corrected chi connectivity index (χ2v) is 6.80. The van der Waals surface area contributed by atoms with Gasteiger partial charge in [-0.25, -0.2) is 4.79 Å². The first-order valence-corrected chi connectivity index (χ1v) is 9.98. The molecule has 0 radical (unpaired) electrons. The van der Waals surface area contributed by atoms with Gasteiger partial charge in [0.05, 0.1) is 23.1 Å². The second kappa shape index (κ2) is 11.0. The van der Waals surface area contributed by atoms with Crippen molar-refractivity contribution in [2.75, 3.05) is 35.7 Å². The lowest BCUT2D eigenvalue weighted by Crippen LogP contribution is -2.22. The van der Waals surface area contributed by atoms with Gasteiger partial charge in [0.2, 0.25) is 0 Å². The fourth-order valence-corrected chi connectivity index (χ4v) is 3.27. The normalized spacial score (nSPS) is 10.0. The van der Waals surface area contributed by atoms with E-state index in [4.69, 9.17) is 10.00 Å². The van der Waals surface area contributed by atoms with Crippen LogP contribution in [0.1, 0.15) is 24.2 Å². The minimum Gasteiger partial charge on any atom is -0.452 e. The van der Waals surface area contributed by atoms with Crippen LogP contribution < -0.4 is 10.2 Å². The fraction of sp³-hybridized carbons (Fsp3) is 0.286. The quantitative estimate of drug-likeness (QED) is 0.510. The number of anilines is 2. The van der Waals surface area contributed by atoms with E-state index in [-0.39, 0.29) is 12.4 Å². The van der Waals surface area contributed by atoms with Crippen molar-refractivity contribution in [1.29, 1.82) is 5.26 Å². The summed E-state index contributed by atoms with van der Waals surface area (Å²) in [4.78, 5) is 27.3. The predicted molar refractivity (Wildman–Crippen MR) is 112 cm³/mol. The van der Waals surface area contributed by atoms with Crippen molar-refractivity contribution >= 4 is 35.0 Å². The first-order valence-electron chi connectivity index (χ1n) is 8.99. The first-order chi connectivity index (χ1) is 13.6. The van der Waals surface area contributed by atoms with Crippen LogP contribution in [0.3, 0.4) is 0 Å². The topological polar surface area (TPSA) is 82.4 Å². The number of carbonyl (C=O) groups is 2. The summed E-state index contributed by atoms with van der Waals surface area (Å²) in [6.45, 7) is 5.53. The molecule has 0 saturated heterocycles. The van der Waals surface area contributed by atoms with Crippen molar-refractivity contribution in [1.82, 2.24) is 0 Å². The van der Waals surface area contributed by atoms with Crippen LogP contribution in [-0.4, -0.2) is 37.3 Å². The summed E-state index contributed by atoms with van der Waals surface area (Å²) in [5.74, 6) is -0.697. The lowest BCUT2D eigenvalue weighted by molar-refractivity contribution is -0.119. The number of nitrogens with one attached hydrogen (secondary N) is 1. The van der Waals surface area contributed by atoms with E-state index >= 15 is 0 Å². The molecule has 0 fully saturated rings. The molecule has 0 saturated carbocycles. The van der Waals surface area contributed by atoms with Gasteiger partial charge < -0.3 is 15.0 Å². The van der Waals surface area contributed by atoms with Gasteiger partial charge in [0.25, 0.3) is 5.91 Å². The zero-order valence-corrected chi connectivity index (χ0v) is 16.8. The molecule has 0 heterocycles. The molecule has 2 rings (SSSR count). The molecule has 7 heteroatoms. The number of ether oxygens (including phenoxy) is 1. The number of nitrogens with zero attached hydrogens (tertiary/aromatic N) is 2. The van der Waals surface area contributed by atoms with Gasteiger partial charge in [-0.3, -0.25) is 4.79 Å². The smallest absolute Gasteiger partial charge is 0.338 e. The molecule has 2 aromatic rings. The average molecular weight is 398 g/mol. The Morgan fingerprint density at radius 2 is 1.79 bits per heavy atom. The van der Waals surface area contributed by atoms with Crippen LogP contribution in [0.4, 0.5) is 11.4 Å². The third-order valence-electron chi connectivity index (χ3n) is 4.02. The molecule has 1 amide bonds. The molecule has 2 aromatic carbocycles. The van der Waals surface area contributed by atoms with Crippen molar-refractivity contribution in [3.05, 3.63) is 54.1 Å². The molecule has 0 bridgehead atoms. The summed E-state index contributed by atoms with van der Waals surface area (Å²) >= 11 is 1.33. The molecule has 0 unspecified atom stereocenters. The Kier molecular flexibility index (Phi) is 8.37. The zero-order chi connectivity index (χ0) is 20.4. The second-order valence-electron chi connectivity index (χ2n) is 5.79. The number of hydrogen-bond donors (Lipinski definition) is 1. The number of esters is 1. The van der Waals surface area contributed by atoms with E-state index in [1.54, 1.807) is 24.3 Å². The summed E-state index contributed by atoms with van der Waals surface area (Å²) < 4.78 is 5.11. The Morgan fingerprint density at radius 1 is 1.11 bits per heavy atom. The highest BCUT2D eigenvalue weighted by atomic mass is 32.2. The monoisotopic (exact) mass is 397 g/mol. The van der Waals surface area contributed by atoms with E-state index in [1.165, 1.54) is 11.8 Å². The van der Waals surface area contributed by atoms with Gasteiger partial charge in [0.1, 0.15) is 0 Å². The molecule has 0 aliphatic rings. The van der Waals surface area contributed by atoms with E-state index in [1.807, 2.05) is 24.3 Å². The zero-order valence-electron chi connectivity index (χ0n) is 16.0. The van der Waals surface area contributed by atoms with E-state index in [0.29, 0.717) is 11.3 Å². The van der Waals surface area contributed by atoms with Crippen LogP contribution in [0.2, 0.25) is 0 Å². The minimum absolute atomic E-state index is 0.283. The number of amides is 1.